The molecular weight excluding hydrogens is 322 g/mol. The van der Waals surface area contributed by atoms with E-state index in [1.807, 2.05) is 4.90 Å². The Morgan fingerprint density at radius 3 is 2.91 bits per heavy atom. The van der Waals surface area contributed by atoms with E-state index in [-0.39, 0.29) is 17.5 Å². The number of nitrogens with two attached hydrogens (primary N) is 1. The number of nitrogens with zero attached hydrogens (tertiary/aromatic N) is 5. The molecule has 2 aromatic rings. The molecule has 1 saturated heterocycles. The van der Waals surface area contributed by atoms with Gasteiger partial charge in [-0.05, 0) is 12.5 Å². The molecule has 23 heavy (non-hydrogen) atoms. The smallest absolute Gasteiger partial charge is 0.287 e. The minimum absolute atomic E-state index is 0.0353. The predicted molar refractivity (Wildman–Crippen MR) is 86.6 cm³/mol. The van der Waals surface area contributed by atoms with Crippen molar-refractivity contribution in [3.63, 3.8) is 0 Å². The maximum Gasteiger partial charge on any atom is 0.287 e. The summed E-state index contributed by atoms with van der Waals surface area (Å²) in [5.41, 5.74) is 5.66. The molecular formula is C13H14ClN7O2. The molecule has 1 aliphatic rings. The molecule has 0 spiro atoms. The fraction of sp³-hybridized carbons (Fsp3) is 0.308. The van der Waals surface area contributed by atoms with Gasteiger partial charge in [-0.25, -0.2) is 15.0 Å². The van der Waals surface area contributed by atoms with Crippen LogP contribution in [0.15, 0.2) is 24.7 Å². The van der Waals surface area contributed by atoms with Crippen LogP contribution in [0.3, 0.4) is 0 Å². The second-order valence-electron chi connectivity index (χ2n) is 5.13. The van der Waals surface area contributed by atoms with Crippen molar-refractivity contribution in [3.8, 4) is 0 Å². The molecule has 1 fully saturated rings. The standard InChI is InChI=1S/C13H14ClN7O2/c14-11-12(15)17-7-18-13(11)20-4-3-8(6-20)19-10-2-1-9(5-16-10)21(22)23/h1-2,5,7-8H,3-4,6H2,(H,16,19)(H2,15,17,18)/t8-/m0/s1. The van der Waals surface area contributed by atoms with Gasteiger partial charge in [0.15, 0.2) is 5.82 Å². The fourth-order valence-corrected chi connectivity index (χ4v) is 2.67. The first-order valence-corrected chi connectivity index (χ1v) is 7.30. The molecule has 0 aromatic carbocycles. The van der Waals surface area contributed by atoms with Gasteiger partial charge in [0.2, 0.25) is 0 Å². The van der Waals surface area contributed by atoms with Gasteiger partial charge in [-0.3, -0.25) is 10.1 Å². The van der Waals surface area contributed by atoms with Gasteiger partial charge in [0.25, 0.3) is 5.69 Å². The Labute approximate surface area is 136 Å². The molecule has 0 unspecified atom stereocenters. The van der Waals surface area contributed by atoms with Crippen LogP contribution in [-0.4, -0.2) is 39.0 Å². The highest BCUT2D eigenvalue weighted by Gasteiger charge is 2.26. The molecule has 3 N–H and O–H groups in total. The van der Waals surface area contributed by atoms with Crippen molar-refractivity contribution in [1.29, 1.82) is 0 Å². The molecule has 9 nitrogen and oxygen atoms in total. The van der Waals surface area contributed by atoms with Crippen molar-refractivity contribution < 1.29 is 4.92 Å². The van der Waals surface area contributed by atoms with Gasteiger partial charge in [0.05, 0.1) is 4.92 Å². The molecule has 1 atom stereocenters. The Bertz CT molecular complexity index is 725. The number of pyridine rings is 1. The molecule has 3 heterocycles. The number of halogens is 1. The summed E-state index contributed by atoms with van der Waals surface area (Å²) >= 11 is 6.14. The molecule has 0 radical (unpaired) electrons. The lowest BCUT2D eigenvalue weighted by molar-refractivity contribution is -0.385. The van der Waals surface area contributed by atoms with E-state index in [9.17, 15) is 10.1 Å². The third-order valence-electron chi connectivity index (χ3n) is 3.60. The lowest BCUT2D eigenvalue weighted by Crippen LogP contribution is -2.27. The zero-order valence-electron chi connectivity index (χ0n) is 12.0. The maximum absolute atomic E-state index is 10.6. The first kappa shape index (κ1) is 15.2. The molecule has 1 aliphatic heterocycles. The van der Waals surface area contributed by atoms with Gasteiger partial charge < -0.3 is 16.0 Å². The number of aromatic nitrogens is 3. The summed E-state index contributed by atoms with van der Waals surface area (Å²) in [6, 6.07) is 3.15. The second-order valence-corrected chi connectivity index (χ2v) is 5.51. The van der Waals surface area contributed by atoms with Crippen LogP contribution < -0.4 is 16.0 Å². The normalized spacial score (nSPS) is 17.3. The van der Waals surface area contributed by atoms with Crippen LogP contribution in [0.25, 0.3) is 0 Å². The fourth-order valence-electron chi connectivity index (χ4n) is 2.45. The molecule has 120 valence electrons. The Kier molecular flexibility index (Phi) is 4.11. The van der Waals surface area contributed by atoms with Crippen LogP contribution in [-0.2, 0) is 0 Å². The highest BCUT2D eigenvalue weighted by molar-refractivity contribution is 6.35. The lowest BCUT2D eigenvalue weighted by atomic mass is 10.2. The topological polar surface area (TPSA) is 123 Å². The summed E-state index contributed by atoms with van der Waals surface area (Å²) in [5.74, 6) is 1.46. The molecule has 10 heteroatoms. The van der Waals surface area contributed by atoms with Crippen molar-refractivity contribution in [1.82, 2.24) is 15.0 Å². The van der Waals surface area contributed by atoms with Gasteiger partial charge in [0.1, 0.15) is 29.2 Å². The van der Waals surface area contributed by atoms with Gasteiger partial charge in [-0.15, -0.1) is 0 Å². The van der Waals surface area contributed by atoms with Crippen molar-refractivity contribution in [2.75, 3.05) is 29.0 Å². The molecule has 0 aliphatic carbocycles. The van der Waals surface area contributed by atoms with E-state index in [2.05, 4.69) is 20.3 Å². The van der Waals surface area contributed by atoms with Crippen molar-refractivity contribution in [2.45, 2.75) is 12.5 Å². The summed E-state index contributed by atoms with van der Waals surface area (Å²) in [5, 5.41) is 14.2. The van der Waals surface area contributed by atoms with Crippen LogP contribution in [0.5, 0.6) is 0 Å². The zero-order valence-corrected chi connectivity index (χ0v) is 12.8. The van der Waals surface area contributed by atoms with E-state index in [4.69, 9.17) is 17.3 Å². The van der Waals surface area contributed by atoms with Gasteiger partial charge in [-0.2, -0.15) is 0 Å². The van der Waals surface area contributed by atoms with Crippen LogP contribution >= 0.6 is 11.6 Å². The van der Waals surface area contributed by atoms with Crippen molar-refractivity contribution in [2.24, 2.45) is 0 Å². The van der Waals surface area contributed by atoms with Crippen molar-refractivity contribution in [3.05, 3.63) is 39.8 Å². The van der Waals surface area contributed by atoms with Gasteiger partial charge in [-0.1, -0.05) is 11.6 Å². The lowest BCUT2D eigenvalue weighted by Gasteiger charge is -2.19. The van der Waals surface area contributed by atoms with Crippen LogP contribution in [0, 0.1) is 10.1 Å². The number of anilines is 3. The van der Waals surface area contributed by atoms with Gasteiger partial charge in [0, 0.05) is 25.2 Å². The van der Waals surface area contributed by atoms with Crippen molar-refractivity contribution >= 4 is 34.7 Å². The Morgan fingerprint density at radius 2 is 2.22 bits per heavy atom. The third kappa shape index (κ3) is 3.24. The number of hydrogen-bond acceptors (Lipinski definition) is 8. The van der Waals surface area contributed by atoms with E-state index in [0.29, 0.717) is 23.2 Å². The Morgan fingerprint density at radius 1 is 1.39 bits per heavy atom. The van der Waals surface area contributed by atoms with Gasteiger partial charge >= 0.3 is 0 Å². The Hall–Kier alpha value is -2.68. The monoisotopic (exact) mass is 335 g/mol. The Balaban J connectivity index is 1.66. The molecule has 0 bridgehead atoms. The summed E-state index contributed by atoms with van der Waals surface area (Å²) < 4.78 is 0. The van der Waals surface area contributed by atoms with E-state index >= 15 is 0 Å². The quantitative estimate of drug-likeness (QED) is 0.639. The first-order chi connectivity index (χ1) is 11.0. The van der Waals surface area contributed by atoms with E-state index in [1.54, 1.807) is 6.07 Å². The number of nitro groups is 1. The number of nitrogens with one attached hydrogen (secondary N) is 1. The second kappa shape index (κ2) is 6.21. The summed E-state index contributed by atoms with van der Waals surface area (Å²) in [6.45, 7) is 1.44. The minimum Gasteiger partial charge on any atom is -0.382 e. The average Bonchev–Trinajstić information content (AvgIpc) is 2.99. The van der Waals surface area contributed by atoms with E-state index < -0.39 is 4.92 Å². The highest BCUT2D eigenvalue weighted by atomic mass is 35.5. The molecule has 0 saturated carbocycles. The average molecular weight is 336 g/mol. The minimum atomic E-state index is -0.477. The summed E-state index contributed by atoms with van der Waals surface area (Å²) in [4.78, 5) is 24.2. The third-order valence-corrected chi connectivity index (χ3v) is 3.96. The molecule has 0 amide bonds. The number of nitrogen functional groups attached to an aromatic ring is 1. The van der Waals surface area contributed by atoms with Crippen LogP contribution in [0.2, 0.25) is 5.02 Å². The predicted octanol–water partition coefficient (Wildman–Crippen LogP) is 1.71. The summed E-state index contributed by atoms with van der Waals surface area (Å²) in [6.07, 6.45) is 3.48. The van der Waals surface area contributed by atoms with E-state index in [1.165, 1.54) is 18.6 Å². The molecule has 3 rings (SSSR count). The van der Waals surface area contributed by atoms with E-state index in [0.717, 1.165) is 13.0 Å². The zero-order chi connectivity index (χ0) is 16.4. The SMILES string of the molecule is Nc1ncnc(N2CC[C@H](Nc3ccc([N+](=O)[O-])cn3)C2)c1Cl. The highest BCUT2D eigenvalue weighted by Crippen LogP contribution is 2.29. The number of rotatable bonds is 4. The summed E-state index contributed by atoms with van der Waals surface area (Å²) in [7, 11) is 0. The number of hydrogen-bond donors (Lipinski definition) is 2. The largest absolute Gasteiger partial charge is 0.382 e. The first-order valence-electron chi connectivity index (χ1n) is 6.92. The molecule has 2 aromatic heterocycles. The van der Waals surface area contributed by atoms with Crippen LogP contribution in [0.4, 0.5) is 23.1 Å². The van der Waals surface area contributed by atoms with Crippen LogP contribution in [0.1, 0.15) is 6.42 Å². The maximum atomic E-state index is 10.6.